The lowest BCUT2D eigenvalue weighted by Gasteiger charge is -1.46. The second-order valence-electron chi connectivity index (χ2n) is 0.459. The largest absolute Gasteiger partial charge is 0.344 e. The fraction of sp³-hybridized carbons (Fsp3) is 0.333. The number of allylic oxidation sites excluding steroid dienone is 1. The molecule has 0 aliphatic heterocycles. The zero-order chi connectivity index (χ0) is 3.41. The van der Waals surface area contributed by atoms with Gasteiger partial charge in [0.1, 0.15) is 0 Å². The first-order valence-corrected chi connectivity index (χ1v) is 1.57. The van der Waals surface area contributed by atoms with Crippen molar-refractivity contribution in [2.24, 2.45) is 0 Å². The molecule has 0 radical (unpaired) electrons. The van der Waals surface area contributed by atoms with Gasteiger partial charge in [-0.1, -0.05) is 17.7 Å². The van der Waals surface area contributed by atoms with Crippen LogP contribution in [0.15, 0.2) is 11.6 Å². The van der Waals surface area contributed by atoms with Gasteiger partial charge >= 0.3 is 0 Å². The molecule has 5 heavy (non-hydrogen) atoms. The highest BCUT2D eigenvalue weighted by Crippen LogP contribution is 1.70. The molecule has 0 aliphatic carbocycles. The van der Waals surface area contributed by atoms with Gasteiger partial charge in [0.15, 0.2) is 0 Å². The standard InChI is InChI=1S/C3H5Cl.H3N/c1-2-3-4;/h2-3H,1H3;1H3. The maximum atomic E-state index is 5.01. The van der Waals surface area contributed by atoms with E-state index in [0.717, 1.165) is 0 Å². The Balaban J connectivity index is 0. The molecular formula is C3H8ClN. The first kappa shape index (κ1) is 8.89. The van der Waals surface area contributed by atoms with Crippen molar-refractivity contribution in [2.75, 3.05) is 0 Å². The zero-order valence-electron chi connectivity index (χ0n) is 3.24. The van der Waals surface area contributed by atoms with E-state index in [1.54, 1.807) is 6.08 Å². The normalized spacial score (nSPS) is 7.60. The minimum Gasteiger partial charge on any atom is -0.344 e. The summed E-state index contributed by atoms with van der Waals surface area (Å²) in [6, 6.07) is 0. The van der Waals surface area contributed by atoms with Crippen LogP contribution in [0.5, 0.6) is 0 Å². The predicted octanol–water partition coefficient (Wildman–Crippen LogP) is 1.92. The summed E-state index contributed by atoms with van der Waals surface area (Å²) < 4.78 is 0. The maximum Gasteiger partial charge on any atom is -0.0000330 e. The molecule has 0 amide bonds. The minimum absolute atomic E-state index is 0. The van der Waals surface area contributed by atoms with Crippen molar-refractivity contribution < 1.29 is 0 Å². The van der Waals surface area contributed by atoms with E-state index >= 15 is 0 Å². The Morgan fingerprint density at radius 3 is 1.80 bits per heavy atom. The second kappa shape index (κ2) is 9.01. The number of halogens is 1. The van der Waals surface area contributed by atoms with Crippen LogP contribution in [0.2, 0.25) is 0 Å². The quantitative estimate of drug-likeness (QED) is 0.488. The van der Waals surface area contributed by atoms with Gasteiger partial charge in [-0.15, -0.1) is 0 Å². The fourth-order valence-corrected chi connectivity index (χ4v) is 0. The molecule has 1 nitrogen and oxygen atoms in total. The van der Waals surface area contributed by atoms with E-state index < -0.39 is 0 Å². The smallest absolute Gasteiger partial charge is 0.0000330 e. The molecule has 0 spiro atoms. The monoisotopic (exact) mass is 93.0 g/mol. The topological polar surface area (TPSA) is 35.0 Å². The molecule has 2 heteroatoms. The maximum absolute atomic E-state index is 5.01. The van der Waals surface area contributed by atoms with Crippen LogP contribution >= 0.6 is 11.6 Å². The molecule has 0 aromatic rings. The molecular weight excluding hydrogens is 85.5 g/mol. The highest BCUT2D eigenvalue weighted by Gasteiger charge is 1.37. The van der Waals surface area contributed by atoms with Crippen LogP contribution in [-0.4, -0.2) is 0 Å². The number of rotatable bonds is 0. The van der Waals surface area contributed by atoms with Crippen LogP contribution in [-0.2, 0) is 0 Å². The summed E-state index contributed by atoms with van der Waals surface area (Å²) in [5.74, 6) is 0. The summed E-state index contributed by atoms with van der Waals surface area (Å²) in [7, 11) is 0. The Kier molecular flexibility index (Phi) is 16.0. The molecule has 32 valence electrons. The van der Waals surface area contributed by atoms with Crippen molar-refractivity contribution in [3.05, 3.63) is 11.6 Å². The molecule has 3 N–H and O–H groups in total. The van der Waals surface area contributed by atoms with E-state index in [4.69, 9.17) is 11.6 Å². The highest BCUT2D eigenvalue weighted by atomic mass is 35.5. The van der Waals surface area contributed by atoms with Gasteiger partial charge in [-0.3, -0.25) is 0 Å². The van der Waals surface area contributed by atoms with Crippen molar-refractivity contribution in [1.82, 2.24) is 6.15 Å². The molecule has 0 saturated carbocycles. The molecule has 0 heterocycles. The van der Waals surface area contributed by atoms with Crippen LogP contribution in [0.1, 0.15) is 6.92 Å². The Morgan fingerprint density at radius 1 is 1.60 bits per heavy atom. The van der Waals surface area contributed by atoms with Gasteiger partial charge in [0.25, 0.3) is 0 Å². The first-order valence-electron chi connectivity index (χ1n) is 1.13. The average Bonchev–Trinajstić information content (AvgIpc) is 1.37. The average molecular weight is 93.6 g/mol. The van der Waals surface area contributed by atoms with Gasteiger partial charge in [0.2, 0.25) is 0 Å². The third kappa shape index (κ3) is 16.1. The Bertz CT molecular complexity index is 22.1. The van der Waals surface area contributed by atoms with Gasteiger partial charge in [-0.2, -0.15) is 0 Å². The van der Waals surface area contributed by atoms with Gasteiger partial charge < -0.3 is 6.15 Å². The Hall–Kier alpha value is -0.0100. The van der Waals surface area contributed by atoms with Crippen LogP contribution in [0.3, 0.4) is 0 Å². The van der Waals surface area contributed by atoms with E-state index in [0.29, 0.717) is 0 Å². The lowest BCUT2D eigenvalue weighted by molar-refractivity contribution is 1.78. The molecule has 0 bridgehead atoms. The van der Waals surface area contributed by atoms with Crippen molar-refractivity contribution >= 4 is 11.6 Å². The second-order valence-corrected chi connectivity index (χ2v) is 0.711. The van der Waals surface area contributed by atoms with Crippen molar-refractivity contribution in [1.29, 1.82) is 0 Å². The molecule has 0 unspecified atom stereocenters. The van der Waals surface area contributed by atoms with E-state index in [9.17, 15) is 0 Å². The summed E-state index contributed by atoms with van der Waals surface area (Å²) in [5, 5.41) is 0. The van der Waals surface area contributed by atoms with Crippen LogP contribution in [0.4, 0.5) is 0 Å². The SMILES string of the molecule is CC=CCl.N. The third-order valence-electron chi connectivity index (χ3n) is 0.126. The van der Waals surface area contributed by atoms with E-state index in [1.807, 2.05) is 6.92 Å². The Labute approximate surface area is 37.2 Å². The number of hydrogen-bond donors (Lipinski definition) is 1. The molecule has 0 saturated heterocycles. The molecule has 0 aromatic carbocycles. The third-order valence-corrected chi connectivity index (χ3v) is 0.378. The highest BCUT2D eigenvalue weighted by molar-refractivity contribution is 6.25. The molecule has 0 atom stereocenters. The summed E-state index contributed by atoms with van der Waals surface area (Å²) in [6.07, 6.45) is 1.77. The van der Waals surface area contributed by atoms with E-state index in [1.165, 1.54) is 5.54 Å². The molecule has 0 fully saturated rings. The summed E-state index contributed by atoms with van der Waals surface area (Å²) in [4.78, 5) is 0. The first-order chi connectivity index (χ1) is 1.91. The molecule has 0 aromatic heterocycles. The summed E-state index contributed by atoms with van der Waals surface area (Å²) >= 11 is 5.01. The van der Waals surface area contributed by atoms with Gasteiger partial charge in [0, 0.05) is 0 Å². The van der Waals surface area contributed by atoms with Crippen molar-refractivity contribution in [3.8, 4) is 0 Å². The van der Waals surface area contributed by atoms with Gasteiger partial charge in [0.05, 0.1) is 0 Å². The minimum atomic E-state index is 0. The fourth-order valence-electron chi connectivity index (χ4n) is 0. The summed E-state index contributed by atoms with van der Waals surface area (Å²) in [6.45, 7) is 1.87. The van der Waals surface area contributed by atoms with Crippen molar-refractivity contribution in [3.63, 3.8) is 0 Å². The summed E-state index contributed by atoms with van der Waals surface area (Å²) in [5.41, 5.74) is 1.47. The molecule has 0 aliphatic rings. The van der Waals surface area contributed by atoms with Gasteiger partial charge in [-0.05, 0) is 12.5 Å². The predicted molar refractivity (Wildman–Crippen MR) is 25.7 cm³/mol. The number of hydrogen-bond acceptors (Lipinski definition) is 1. The molecule has 0 rings (SSSR count). The van der Waals surface area contributed by atoms with Crippen LogP contribution in [0, 0.1) is 0 Å². The lowest BCUT2D eigenvalue weighted by atomic mass is 10.8. The van der Waals surface area contributed by atoms with Gasteiger partial charge in [-0.25, -0.2) is 0 Å². The Morgan fingerprint density at radius 2 is 1.80 bits per heavy atom. The van der Waals surface area contributed by atoms with Crippen LogP contribution < -0.4 is 6.15 Å². The van der Waals surface area contributed by atoms with E-state index in [-0.39, 0.29) is 6.15 Å². The van der Waals surface area contributed by atoms with Crippen molar-refractivity contribution in [2.45, 2.75) is 6.92 Å². The van der Waals surface area contributed by atoms with Crippen LogP contribution in [0.25, 0.3) is 0 Å². The van der Waals surface area contributed by atoms with E-state index in [2.05, 4.69) is 0 Å². The lowest BCUT2D eigenvalue weighted by Crippen LogP contribution is -1.20. The zero-order valence-corrected chi connectivity index (χ0v) is 4.00.